The Hall–Kier alpha value is -4.74. The molecule has 2 N–H and O–H groups in total. The number of benzene rings is 3. The lowest BCUT2D eigenvalue weighted by Gasteiger charge is -2.14. The summed E-state index contributed by atoms with van der Waals surface area (Å²) in [5.74, 6) is -11.9. The molecule has 0 unspecified atom stereocenters. The molecule has 0 atom stereocenters. The van der Waals surface area contributed by atoms with Crippen LogP contribution in [0.1, 0.15) is 20.7 Å². The second kappa shape index (κ2) is 9.40. The number of aromatic carboxylic acids is 2. The van der Waals surface area contributed by atoms with Crippen molar-refractivity contribution >= 4 is 24.9 Å². The van der Waals surface area contributed by atoms with Crippen LogP contribution in [0.2, 0.25) is 0 Å². The van der Waals surface area contributed by atoms with Gasteiger partial charge in [-0.3, -0.25) is 9.59 Å². The van der Waals surface area contributed by atoms with Crippen molar-refractivity contribution in [2.45, 2.75) is 0 Å². The lowest BCUT2D eigenvalue weighted by Crippen LogP contribution is -2.06. The Kier molecular flexibility index (Phi) is 6.61. The van der Waals surface area contributed by atoms with Gasteiger partial charge in [0.25, 0.3) is 12.9 Å². The monoisotopic (exact) mass is 478 g/mol. The molecule has 3 aromatic rings. The maximum atomic E-state index is 15.0. The van der Waals surface area contributed by atoms with Gasteiger partial charge < -0.3 is 19.7 Å². The first-order chi connectivity index (χ1) is 16.1. The summed E-state index contributed by atoms with van der Waals surface area (Å²) in [6.07, 6.45) is 0. The lowest BCUT2D eigenvalue weighted by atomic mass is 9.95. The van der Waals surface area contributed by atoms with Gasteiger partial charge in [0.1, 0.15) is 11.5 Å². The van der Waals surface area contributed by atoms with E-state index in [1.54, 1.807) is 0 Å². The van der Waals surface area contributed by atoms with E-state index in [1.165, 1.54) is 0 Å². The predicted octanol–water partition coefficient (Wildman–Crippen LogP) is 4.04. The van der Waals surface area contributed by atoms with Gasteiger partial charge >= 0.3 is 11.9 Å². The Morgan fingerprint density at radius 2 is 0.941 bits per heavy atom. The van der Waals surface area contributed by atoms with Crippen LogP contribution < -0.4 is 9.47 Å². The number of ether oxygens (including phenoxy) is 2. The molecule has 0 aliphatic rings. The van der Waals surface area contributed by atoms with Crippen LogP contribution in [0.3, 0.4) is 0 Å². The summed E-state index contributed by atoms with van der Waals surface area (Å²) in [6.45, 7) is -0.202. The Morgan fingerprint density at radius 1 is 0.618 bits per heavy atom. The van der Waals surface area contributed by atoms with Gasteiger partial charge in [-0.05, 0) is 47.5 Å². The minimum atomic E-state index is -1.95. The molecule has 0 bridgehead atoms. The molecule has 0 amide bonds. The minimum Gasteiger partial charge on any atom is -0.478 e. The fraction of sp³-hybridized carbons (Fsp3) is 0. The first-order valence-corrected chi connectivity index (χ1v) is 8.93. The van der Waals surface area contributed by atoms with Gasteiger partial charge in [-0.1, -0.05) is 0 Å². The molecule has 0 saturated carbocycles. The number of carbonyl (C=O) groups excluding carboxylic acids is 2. The van der Waals surface area contributed by atoms with Gasteiger partial charge in [0.15, 0.2) is 23.3 Å². The molecule has 12 heteroatoms. The largest absolute Gasteiger partial charge is 0.478 e. The highest BCUT2D eigenvalue weighted by Gasteiger charge is 2.29. The van der Waals surface area contributed by atoms with Crippen LogP contribution in [-0.4, -0.2) is 35.1 Å². The molecule has 0 aliphatic carbocycles. The van der Waals surface area contributed by atoms with Crippen molar-refractivity contribution < 1.29 is 56.4 Å². The molecule has 8 nitrogen and oxygen atoms in total. The second-order valence-electron chi connectivity index (χ2n) is 6.54. The van der Waals surface area contributed by atoms with E-state index in [4.69, 9.17) is 10.2 Å². The lowest BCUT2D eigenvalue weighted by molar-refractivity contribution is -0.121. The zero-order chi connectivity index (χ0) is 25.2. The quantitative estimate of drug-likeness (QED) is 0.282. The molecule has 3 rings (SSSR count). The average molecular weight is 478 g/mol. The summed E-state index contributed by atoms with van der Waals surface area (Å²) in [5, 5.41) is 18.3. The molecule has 0 aromatic heterocycles. The summed E-state index contributed by atoms with van der Waals surface area (Å²) >= 11 is 0. The molecular formula is C22H10F4O8. The molecule has 0 aliphatic heterocycles. The topological polar surface area (TPSA) is 127 Å². The highest BCUT2D eigenvalue weighted by atomic mass is 19.2. The number of carboxylic acid groups (broad SMARTS) is 2. The average Bonchev–Trinajstić information content (AvgIpc) is 2.78. The van der Waals surface area contributed by atoms with Crippen molar-refractivity contribution in [3.8, 4) is 33.8 Å². The van der Waals surface area contributed by atoms with Gasteiger partial charge in [0.2, 0.25) is 0 Å². The van der Waals surface area contributed by atoms with Crippen molar-refractivity contribution in [3.05, 3.63) is 70.8 Å². The standard InChI is InChI=1S/C22H10F4O8/c23-17-15(9-1-11(21(29)30)5-13(3-9)33-7-27)18(24)20(26)16(19(17)25)10-2-12(22(31)32)6-14(4-10)34-8-28/h1-8H,(H,29,30)(H,31,32). The molecule has 0 radical (unpaired) electrons. The third-order valence-corrected chi connectivity index (χ3v) is 4.52. The Labute approximate surface area is 186 Å². The van der Waals surface area contributed by atoms with Crippen LogP contribution in [0.4, 0.5) is 17.6 Å². The van der Waals surface area contributed by atoms with Gasteiger partial charge in [0, 0.05) is 0 Å². The minimum absolute atomic E-state index is 0.101. The fourth-order valence-corrected chi connectivity index (χ4v) is 3.12. The number of hydrogen-bond donors (Lipinski definition) is 2. The summed E-state index contributed by atoms with van der Waals surface area (Å²) in [6, 6.07) is 4.62. The maximum absolute atomic E-state index is 15.0. The fourth-order valence-electron chi connectivity index (χ4n) is 3.12. The van der Waals surface area contributed by atoms with Crippen LogP contribution in [-0.2, 0) is 9.59 Å². The summed E-state index contributed by atoms with van der Waals surface area (Å²) in [7, 11) is 0. The number of halogens is 4. The van der Waals surface area contributed by atoms with Gasteiger partial charge in [0.05, 0.1) is 22.3 Å². The Balaban J connectivity index is 2.31. The van der Waals surface area contributed by atoms with E-state index in [-0.39, 0.29) is 12.9 Å². The SMILES string of the molecule is O=COc1cc(C(=O)O)cc(-c2c(F)c(F)c(-c3cc(OC=O)cc(C(=O)O)c3)c(F)c2F)c1. The number of rotatable bonds is 8. The molecule has 0 spiro atoms. The van der Waals surface area contributed by atoms with Crippen molar-refractivity contribution in [2.75, 3.05) is 0 Å². The molecule has 0 saturated heterocycles. The highest BCUT2D eigenvalue weighted by Crippen LogP contribution is 2.39. The van der Waals surface area contributed by atoms with E-state index in [2.05, 4.69) is 9.47 Å². The van der Waals surface area contributed by atoms with Crippen LogP contribution in [0, 0.1) is 23.3 Å². The van der Waals surface area contributed by atoms with Gasteiger partial charge in [-0.25, -0.2) is 27.2 Å². The summed E-state index contributed by atoms with van der Waals surface area (Å²) in [4.78, 5) is 43.8. The van der Waals surface area contributed by atoms with Gasteiger partial charge in [-0.15, -0.1) is 0 Å². The number of carbonyl (C=O) groups is 4. The first-order valence-electron chi connectivity index (χ1n) is 8.93. The third kappa shape index (κ3) is 4.41. The van der Waals surface area contributed by atoms with Crippen LogP contribution in [0.5, 0.6) is 11.5 Å². The van der Waals surface area contributed by atoms with E-state index < -0.39 is 80.1 Å². The molecule has 174 valence electrons. The third-order valence-electron chi connectivity index (χ3n) is 4.52. The van der Waals surface area contributed by atoms with Crippen LogP contribution >= 0.6 is 0 Å². The van der Waals surface area contributed by atoms with Crippen LogP contribution in [0.25, 0.3) is 22.3 Å². The Morgan fingerprint density at radius 3 is 1.21 bits per heavy atom. The Bertz CT molecular complexity index is 1220. The molecule has 0 heterocycles. The maximum Gasteiger partial charge on any atom is 0.335 e. The molecule has 0 fully saturated rings. The first kappa shape index (κ1) is 23.9. The van der Waals surface area contributed by atoms with Crippen molar-refractivity contribution in [1.29, 1.82) is 0 Å². The van der Waals surface area contributed by atoms with Gasteiger partial charge in [-0.2, -0.15) is 0 Å². The smallest absolute Gasteiger partial charge is 0.335 e. The van der Waals surface area contributed by atoms with E-state index >= 15 is 0 Å². The van der Waals surface area contributed by atoms with Crippen LogP contribution in [0.15, 0.2) is 36.4 Å². The van der Waals surface area contributed by atoms with Crippen molar-refractivity contribution in [1.82, 2.24) is 0 Å². The highest BCUT2D eigenvalue weighted by molar-refractivity contribution is 5.92. The van der Waals surface area contributed by atoms with E-state index in [0.717, 1.165) is 24.3 Å². The number of carboxylic acids is 2. The predicted molar refractivity (Wildman–Crippen MR) is 104 cm³/mol. The zero-order valence-electron chi connectivity index (χ0n) is 16.5. The molecule has 3 aromatic carbocycles. The molecule has 34 heavy (non-hydrogen) atoms. The van der Waals surface area contributed by atoms with E-state index in [0.29, 0.717) is 12.1 Å². The number of hydrogen-bond acceptors (Lipinski definition) is 6. The van der Waals surface area contributed by atoms with E-state index in [1.807, 2.05) is 0 Å². The second-order valence-corrected chi connectivity index (χ2v) is 6.54. The summed E-state index contributed by atoms with van der Waals surface area (Å²) in [5.41, 5.74) is -5.17. The summed E-state index contributed by atoms with van der Waals surface area (Å²) < 4.78 is 68.9. The van der Waals surface area contributed by atoms with Crippen molar-refractivity contribution in [2.24, 2.45) is 0 Å². The van der Waals surface area contributed by atoms with Crippen molar-refractivity contribution in [3.63, 3.8) is 0 Å². The normalized spacial score (nSPS) is 10.5. The van der Waals surface area contributed by atoms with E-state index in [9.17, 15) is 36.7 Å². The zero-order valence-corrected chi connectivity index (χ0v) is 16.5. The molecular weight excluding hydrogens is 468 g/mol.